The van der Waals surface area contributed by atoms with Gasteiger partial charge in [0.15, 0.2) is 5.92 Å². The Bertz CT molecular complexity index is 2830. The number of anilines is 1. The number of esters is 3. The van der Waals surface area contributed by atoms with Crippen LogP contribution >= 0.6 is 0 Å². The largest absolute Gasteiger partial charge is 0.491 e. The van der Waals surface area contributed by atoms with Gasteiger partial charge in [-0.15, -0.1) is 0 Å². The molecule has 66 heavy (non-hydrogen) atoms. The van der Waals surface area contributed by atoms with Crippen LogP contribution in [0, 0.1) is 23.7 Å². The molecule has 6 atom stereocenters. The summed E-state index contributed by atoms with van der Waals surface area (Å²) in [6, 6.07) is 35.4. The molecule has 2 saturated heterocycles. The van der Waals surface area contributed by atoms with Gasteiger partial charge in [-0.25, -0.2) is 4.98 Å². The smallest absolute Gasteiger partial charge is 0.324 e. The van der Waals surface area contributed by atoms with E-state index in [1.807, 2.05) is 89.8 Å². The van der Waals surface area contributed by atoms with Crippen molar-refractivity contribution in [2.24, 2.45) is 11.8 Å². The Labute approximate surface area is 379 Å². The highest BCUT2D eigenvalue weighted by molar-refractivity contribution is 6.12. The topological polar surface area (TPSA) is 198 Å². The molecule has 2 fully saturated rings. The quantitative estimate of drug-likeness (QED) is 0.0542. The summed E-state index contributed by atoms with van der Waals surface area (Å²) >= 11 is 0. The Hall–Kier alpha value is -7.80. The SMILES string of the molecule is COC(=O)C(CC#Cc1ccc2c(c1)[C@]1(C(=O)N2)[C@H](c2ccc(OCCO)cc2)N2[C@H](c3ccccc3)[C@H](c3ccccc3)OC(=O)[C@H]2[C@@H]1C(=O)NCc1nc2ccccc2[nH]1)C(=O)OC. The first-order chi connectivity index (χ1) is 32.2. The van der Waals surface area contributed by atoms with E-state index in [1.54, 1.807) is 42.5 Å². The molecule has 15 heteroatoms. The van der Waals surface area contributed by atoms with Crippen LogP contribution in [0.15, 0.2) is 127 Å². The van der Waals surface area contributed by atoms with Crippen molar-refractivity contribution < 1.29 is 48.0 Å². The van der Waals surface area contributed by atoms with Gasteiger partial charge in [-0.3, -0.25) is 28.9 Å². The number of benzene rings is 5. The fraction of sp³-hybridized carbons (Fsp3) is 0.255. The van der Waals surface area contributed by atoms with E-state index < -0.39 is 71.2 Å². The summed E-state index contributed by atoms with van der Waals surface area (Å²) in [6.45, 7) is -0.210. The molecule has 0 bridgehead atoms. The number of H-pyrrole nitrogens is 1. The lowest BCUT2D eigenvalue weighted by atomic mass is 9.65. The summed E-state index contributed by atoms with van der Waals surface area (Å²) in [5, 5.41) is 15.6. The molecule has 1 spiro atoms. The number of aliphatic hydroxyl groups excluding tert-OH is 1. The zero-order valence-electron chi connectivity index (χ0n) is 35.9. The first kappa shape index (κ1) is 43.5. The third kappa shape index (κ3) is 7.69. The van der Waals surface area contributed by atoms with Crippen LogP contribution in [-0.4, -0.2) is 83.2 Å². The number of fused-ring (bicyclic) bond motifs is 4. The summed E-state index contributed by atoms with van der Waals surface area (Å²) in [6.07, 6.45) is -1.10. The number of methoxy groups -OCH3 is 2. The van der Waals surface area contributed by atoms with Gasteiger partial charge in [0.1, 0.15) is 35.7 Å². The maximum atomic E-state index is 15.5. The van der Waals surface area contributed by atoms with E-state index in [4.69, 9.17) is 18.9 Å². The van der Waals surface area contributed by atoms with Gasteiger partial charge in [-0.05, 0) is 64.7 Å². The van der Waals surface area contributed by atoms with Crippen molar-refractivity contribution in [2.45, 2.75) is 42.6 Å². The number of hydrogen-bond acceptors (Lipinski definition) is 12. The minimum Gasteiger partial charge on any atom is -0.491 e. The van der Waals surface area contributed by atoms with Crippen LogP contribution in [0.1, 0.15) is 58.3 Å². The number of imidazole rings is 1. The van der Waals surface area contributed by atoms with Crippen LogP contribution in [-0.2, 0) is 50.1 Å². The number of aromatic nitrogens is 2. The number of aliphatic hydroxyl groups is 1. The normalized spacial score (nSPS) is 21.8. The van der Waals surface area contributed by atoms with Crippen molar-refractivity contribution in [2.75, 3.05) is 32.8 Å². The van der Waals surface area contributed by atoms with Gasteiger partial charge in [0.05, 0.1) is 56.4 Å². The summed E-state index contributed by atoms with van der Waals surface area (Å²) in [5.74, 6) is 0.733. The molecule has 4 N–H and O–H groups in total. The lowest BCUT2D eigenvalue weighted by Gasteiger charge is -2.46. The van der Waals surface area contributed by atoms with Crippen LogP contribution in [0.2, 0.25) is 0 Å². The minimum atomic E-state index is -1.83. The predicted molar refractivity (Wildman–Crippen MR) is 239 cm³/mol. The fourth-order valence-electron chi connectivity index (χ4n) is 9.75. The lowest BCUT2D eigenvalue weighted by Crippen LogP contribution is -2.54. The van der Waals surface area contributed by atoms with E-state index >= 15 is 14.4 Å². The molecule has 334 valence electrons. The van der Waals surface area contributed by atoms with E-state index in [2.05, 4.69) is 32.4 Å². The van der Waals surface area contributed by atoms with Gasteiger partial charge in [0.25, 0.3) is 0 Å². The Kier molecular flexibility index (Phi) is 12.1. The number of nitrogens with one attached hydrogen (secondary N) is 3. The highest BCUT2D eigenvalue weighted by Gasteiger charge is 2.74. The zero-order chi connectivity index (χ0) is 46.0. The third-order valence-corrected chi connectivity index (χ3v) is 12.5. The molecule has 6 aromatic rings. The van der Waals surface area contributed by atoms with Gasteiger partial charge >= 0.3 is 17.9 Å². The number of hydrogen-bond donors (Lipinski definition) is 4. The number of carbonyl (C=O) groups excluding carboxylic acids is 5. The van der Waals surface area contributed by atoms with Crippen LogP contribution in [0.25, 0.3) is 11.0 Å². The van der Waals surface area contributed by atoms with Crippen molar-refractivity contribution >= 4 is 46.4 Å². The third-order valence-electron chi connectivity index (χ3n) is 12.5. The van der Waals surface area contributed by atoms with Gasteiger partial charge < -0.3 is 39.7 Å². The van der Waals surface area contributed by atoms with Gasteiger partial charge in [0, 0.05) is 17.7 Å². The summed E-state index contributed by atoms with van der Waals surface area (Å²) in [5.41, 5.74) is 2.92. The van der Waals surface area contributed by atoms with Crippen LogP contribution in [0.5, 0.6) is 5.75 Å². The summed E-state index contributed by atoms with van der Waals surface area (Å²) in [4.78, 5) is 81.1. The molecule has 15 nitrogen and oxygen atoms in total. The van der Waals surface area contributed by atoms with Gasteiger partial charge in [0.2, 0.25) is 11.8 Å². The Morgan fingerprint density at radius 3 is 2.21 bits per heavy atom. The Morgan fingerprint density at radius 1 is 0.848 bits per heavy atom. The van der Waals surface area contributed by atoms with Crippen molar-refractivity contribution in [1.82, 2.24) is 20.2 Å². The number of cyclic esters (lactones) is 1. The van der Waals surface area contributed by atoms with Crippen molar-refractivity contribution in [3.8, 4) is 17.6 Å². The summed E-state index contributed by atoms with van der Waals surface area (Å²) in [7, 11) is 2.33. The zero-order valence-corrected chi connectivity index (χ0v) is 35.9. The van der Waals surface area contributed by atoms with E-state index in [-0.39, 0.29) is 26.2 Å². The predicted octanol–water partition coefficient (Wildman–Crippen LogP) is 5.23. The number of para-hydroxylation sites is 2. The number of morpholine rings is 1. The van der Waals surface area contributed by atoms with Gasteiger partial charge in [-0.2, -0.15) is 0 Å². The second kappa shape index (κ2) is 18.4. The first-order valence-electron chi connectivity index (χ1n) is 21.4. The van der Waals surface area contributed by atoms with Crippen molar-refractivity contribution in [3.05, 3.63) is 161 Å². The molecule has 4 heterocycles. The average Bonchev–Trinajstić information content (AvgIpc) is 4.01. The molecule has 0 unspecified atom stereocenters. The second-order valence-corrected chi connectivity index (χ2v) is 16.1. The molecule has 0 aliphatic carbocycles. The number of amides is 2. The Balaban J connectivity index is 1.26. The molecular formula is C51H45N5O10. The maximum Gasteiger partial charge on any atom is 0.324 e. The number of nitrogens with zero attached hydrogens (tertiary/aromatic N) is 2. The van der Waals surface area contributed by atoms with Gasteiger partial charge in [-0.1, -0.05) is 96.8 Å². The van der Waals surface area contributed by atoms with E-state index in [0.29, 0.717) is 45.0 Å². The van der Waals surface area contributed by atoms with Crippen LogP contribution < -0.4 is 15.4 Å². The molecule has 0 radical (unpaired) electrons. The standard InChI is InChI=1S/C51H45N5O10/c1-63-47(59)35(48(60)64-2)17-11-12-30-20-25-37-36(28-30)51(50(62)55-37)41(46(58)52-29-40-53-38-18-9-10-19-39(38)54-40)43-49(61)66-44(32-15-7-4-8-16-32)42(31-13-5-3-6-14-31)56(43)45(51)33-21-23-34(24-22-33)65-27-26-57/h3-10,13-16,18-25,28,35,41-45,57H,17,26-27,29H2,1-2H3,(H,52,58)(H,53,54)(H,55,62)/t41-,42-,43-,44+,45+,51-/m1/s1. The monoisotopic (exact) mass is 887 g/mol. The summed E-state index contributed by atoms with van der Waals surface area (Å²) < 4.78 is 21.9. The fourth-order valence-corrected chi connectivity index (χ4v) is 9.75. The van der Waals surface area contributed by atoms with Crippen LogP contribution in [0.4, 0.5) is 5.69 Å². The van der Waals surface area contributed by atoms with E-state index in [1.165, 1.54) is 14.2 Å². The van der Waals surface area contributed by atoms with Crippen LogP contribution in [0.3, 0.4) is 0 Å². The highest BCUT2D eigenvalue weighted by Crippen LogP contribution is 2.65. The molecule has 0 saturated carbocycles. The van der Waals surface area contributed by atoms with Crippen molar-refractivity contribution in [3.63, 3.8) is 0 Å². The second-order valence-electron chi connectivity index (χ2n) is 16.1. The van der Waals surface area contributed by atoms with E-state index in [0.717, 1.165) is 11.1 Å². The number of aromatic amines is 1. The van der Waals surface area contributed by atoms with E-state index in [9.17, 15) is 14.7 Å². The number of rotatable bonds is 12. The molecular weight excluding hydrogens is 843 g/mol. The lowest BCUT2D eigenvalue weighted by molar-refractivity contribution is -0.178. The number of carbonyl (C=O) groups is 5. The minimum absolute atomic E-state index is 0.0503. The van der Waals surface area contributed by atoms with Crippen molar-refractivity contribution in [1.29, 1.82) is 0 Å². The highest BCUT2D eigenvalue weighted by atomic mass is 16.6. The first-order valence-corrected chi connectivity index (χ1v) is 21.4. The Morgan fingerprint density at radius 2 is 1.53 bits per heavy atom. The molecule has 5 aromatic carbocycles. The molecule has 1 aromatic heterocycles. The molecule has 2 amide bonds. The average molecular weight is 888 g/mol. The molecule has 3 aliphatic heterocycles. The molecule has 9 rings (SSSR count). The molecule has 3 aliphatic rings. The number of ether oxygens (including phenoxy) is 4. The maximum absolute atomic E-state index is 15.5.